The van der Waals surface area contributed by atoms with Crippen LogP contribution >= 0.6 is 0 Å². The number of allylic oxidation sites excluding steroid dienone is 3. The molecule has 8 atom stereocenters. The van der Waals surface area contributed by atoms with Crippen molar-refractivity contribution in [2.75, 3.05) is 14.2 Å². The summed E-state index contributed by atoms with van der Waals surface area (Å²) in [5, 5.41) is 10.7. The molecule has 0 heterocycles. The molecule has 3 saturated carbocycles. The van der Waals surface area contributed by atoms with Crippen LogP contribution < -0.4 is 0 Å². The van der Waals surface area contributed by atoms with Crippen LogP contribution in [0.5, 0.6) is 0 Å². The molecule has 5 nitrogen and oxygen atoms in total. The molecule has 0 aromatic heterocycles. The summed E-state index contributed by atoms with van der Waals surface area (Å²) in [7, 11) is 3.09. The highest BCUT2D eigenvalue weighted by atomic mass is 16.5. The third-order valence-electron chi connectivity index (χ3n) is 12.3. The van der Waals surface area contributed by atoms with Crippen LogP contribution in [0.3, 0.4) is 0 Å². The molecule has 5 rings (SSSR count). The number of carbonyl (C=O) groups is 2. The predicted octanol–water partition coefficient (Wildman–Crippen LogP) is 5.72. The summed E-state index contributed by atoms with van der Waals surface area (Å²) < 4.78 is 11.1. The Hall–Kier alpha value is -1.72. The number of rotatable bonds is 2. The number of esters is 1. The van der Waals surface area contributed by atoms with E-state index in [0.717, 1.165) is 56.1 Å². The number of methoxy groups -OCH3 is 2. The molecular formula is C31H44O5. The predicted molar refractivity (Wildman–Crippen MR) is 139 cm³/mol. The summed E-state index contributed by atoms with van der Waals surface area (Å²) in [5.41, 5.74) is 1.72. The topological polar surface area (TPSA) is 72.8 Å². The zero-order valence-corrected chi connectivity index (χ0v) is 23.4. The normalized spacial score (nSPS) is 49.9. The van der Waals surface area contributed by atoms with E-state index >= 15 is 0 Å². The SMILES string of the molecule is COC(=O)[C@]1(C)CC[C@]2(C)CC[C@]3(C)C4=CC=C5C(=CC(=O)[C@H](O)[C@@]5(C)OC)[C@]4(C)CC[C@@]3(C)[C@@H]2C1. The standard InChI is InChI=1S/C31H44O5/c1-26-11-12-27(2,25(34)35-7)18-23(26)30(5)16-14-28(3)20-17-21(32)24(33)31(6,36-8)19(20)9-10-22(28)29(30,4)15-13-26/h9-10,17,23-24,33H,11-16,18H2,1-8H3/t23-,24+,26-,27-,28+,29-,30+,31+/m1/s1. The van der Waals surface area contributed by atoms with Gasteiger partial charge in [0.1, 0.15) is 11.7 Å². The molecule has 1 N–H and O–H groups in total. The summed E-state index contributed by atoms with van der Waals surface area (Å²) in [6, 6.07) is 0. The van der Waals surface area contributed by atoms with Crippen LogP contribution in [-0.2, 0) is 19.1 Å². The van der Waals surface area contributed by atoms with E-state index in [1.165, 1.54) is 12.7 Å². The lowest BCUT2D eigenvalue weighted by Crippen LogP contribution is -2.63. The molecule has 5 aliphatic rings. The molecule has 0 spiro atoms. The second-order valence-electron chi connectivity index (χ2n) is 13.9. The summed E-state index contributed by atoms with van der Waals surface area (Å²) in [5.74, 6) is 0.0593. The van der Waals surface area contributed by atoms with Crippen LogP contribution in [0.4, 0.5) is 0 Å². The fraction of sp³-hybridized carbons (Fsp3) is 0.742. The molecule has 5 heteroatoms. The van der Waals surface area contributed by atoms with Crippen LogP contribution in [0.2, 0.25) is 0 Å². The average molecular weight is 497 g/mol. The summed E-state index contributed by atoms with van der Waals surface area (Å²) in [6.45, 7) is 13.6. The Bertz CT molecular complexity index is 1120. The number of aliphatic hydroxyl groups excluding tert-OH is 1. The van der Waals surface area contributed by atoms with Crippen molar-refractivity contribution < 1.29 is 24.2 Å². The number of carbonyl (C=O) groups excluding carboxylic acids is 2. The molecule has 3 fully saturated rings. The highest BCUT2D eigenvalue weighted by molar-refractivity contribution is 5.99. The number of fused-ring (bicyclic) bond motifs is 7. The maximum absolute atomic E-state index is 13.0. The van der Waals surface area contributed by atoms with Crippen LogP contribution in [0.25, 0.3) is 0 Å². The number of hydrogen-bond donors (Lipinski definition) is 1. The smallest absolute Gasteiger partial charge is 0.311 e. The fourth-order valence-electron chi connectivity index (χ4n) is 9.34. The number of ketones is 1. The molecular weight excluding hydrogens is 452 g/mol. The Morgan fingerprint density at radius 2 is 1.58 bits per heavy atom. The van der Waals surface area contributed by atoms with Crippen molar-refractivity contribution in [1.82, 2.24) is 0 Å². The van der Waals surface area contributed by atoms with Gasteiger partial charge in [0.25, 0.3) is 0 Å². The largest absolute Gasteiger partial charge is 0.469 e. The molecule has 0 aliphatic heterocycles. The third-order valence-corrected chi connectivity index (χ3v) is 12.3. The maximum Gasteiger partial charge on any atom is 0.311 e. The molecule has 0 amide bonds. The molecule has 0 unspecified atom stereocenters. The van der Waals surface area contributed by atoms with E-state index in [-0.39, 0.29) is 33.4 Å². The maximum atomic E-state index is 13.0. The van der Waals surface area contributed by atoms with Gasteiger partial charge in [-0.25, -0.2) is 0 Å². The molecule has 0 bridgehead atoms. The Labute approximate surface area is 216 Å². The second-order valence-corrected chi connectivity index (χ2v) is 13.9. The molecule has 0 aromatic carbocycles. The van der Waals surface area contributed by atoms with Crippen molar-refractivity contribution in [3.63, 3.8) is 0 Å². The molecule has 36 heavy (non-hydrogen) atoms. The first-order chi connectivity index (χ1) is 16.7. The number of aliphatic hydroxyl groups is 1. The van der Waals surface area contributed by atoms with Gasteiger partial charge < -0.3 is 14.6 Å². The molecule has 198 valence electrons. The van der Waals surface area contributed by atoms with Gasteiger partial charge in [-0.15, -0.1) is 0 Å². The van der Waals surface area contributed by atoms with Crippen molar-refractivity contribution >= 4 is 11.8 Å². The van der Waals surface area contributed by atoms with Crippen LogP contribution in [0, 0.1) is 33.0 Å². The van der Waals surface area contributed by atoms with Gasteiger partial charge in [0.15, 0.2) is 5.78 Å². The van der Waals surface area contributed by atoms with Crippen molar-refractivity contribution in [3.05, 3.63) is 34.9 Å². The fourth-order valence-corrected chi connectivity index (χ4v) is 9.34. The third kappa shape index (κ3) is 2.96. The lowest BCUT2D eigenvalue weighted by atomic mass is 9.34. The lowest BCUT2D eigenvalue weighted by Gasteiger charge is -2.70. The van der Waals surface area contributed by atoms with Crippen molar-refractivity contribution in [2.45, 2.75) is 98.2 Å². The summed E-state index contributed by atoms with van der Waals surface area (Å²) >= 11 is 0. The van der Waals surface area contributed by atoms with Crippen LogP contribution in [-0.4, -0.2) is 42.8 Å². The average Bonchev–Trinajstić information content (AvgIpc) is 2.85. The van der Waals surface area contributed by atoms with Crippen LogP contribution in [0.1, 0.15) is 86.5 Å². The minimum absolute atomic E-state index is 0.0235. The Kier molecular flexibility index (Phi) is 5.51. The summed E-state index contributed by atoms with van der Waals surface area (Å²) in [6.07, 6.45) is 11.9. The van der Waals surface area contributed by atoms with Crippen molar-refractivity contribution in [3.8, 4) is 0 Å². The van der Waals surface area contributed by atoms with Gasteiger partial charge >= 0.3 is 5.97 Å². The first-order valence-corrected chi connectivity index (χ1v) is 13.7. The van der Waals surface area contributed by atoms with Gasteiger partial charge in [-0.3, -0.25) is 9.59 Å². The van der Waals surface area contributed by atoms with E-state index in [1.54, 1.807) is 13.2 Å². The Balaban J connectivity index is 1.64. The minimum atomic E-state index is -1.20. The van der Waals surface area contributed by atoms with Gasteiger partial charge in [-0.1, -0.05) is 45.4 Å². The Morgan fingerprint density at radius 1 is 0.917 bits per heavy atom. The highest BCUT2D eigenvalue weighted by Gasteiger charge is 2.68. The highest BCUT2D eigenvalue weighted by Crippen LogP contribution is 2.75. The zero-order valence-electron chi connectivity index (χ0n) is 23.4. The van der Waals surface area contributed by atoms with E-state index in [1.807, 2.05) is 6.92 Å². The zero-order chi connectivity index (χ0) is 26.5. The van der Waals surface area contributed by atoms with Crippen molar-refractivity contribution in [1.29, 1.82) is 0 Å². The quantitative estimate of drug-likeness (QED) is 0.495. The van der Waals surface area contributed by atoms with Crippen molar-refractivity contribution in [2.24, 2.45) is 33.0 Å². The lowest BCUT2D eigenvalue weighted by molar-refractivity contribution is -0.180. The molecule has 0 aromatic rings. The minimum Gasteiger partial charge on any atom is -0.469 e. The molecule has 5 aliphatic carbocycles. The van der Waals surface area contributed by atoms with E-state index < -0.39 is 17.1 Å². The van der Waals surface area contributed by atoms with E-state index in [2.05, 4.69) is 46.8 Å². The monoisotopic (exact) mass is 496 g/mol. The Morgan fingerprint density at radius 3 is 2.22 bits per heavy atom. The summed E-state index contributed by atoms with van der Waals surface area (Å²) in [4.78, 5) is 25.8. The molecule has 0 radical (unpaired) electrons. The first kappa shape index (κ1) is 25.9. The van der Waals surface area contributed by atoms with Gasteiger partial charge in [0, 0.05) is 12.5 Å². The van der Waals surface area contributed by atoms with E-state index in [0.29, 0.717) is 5.92 Å². The van der Waals surface area contributed by atoms with E-state index in [4.69, 9.17) is 9.47 Å². The van der Waals surface area contributed by atoms with Gasteiger partial charge in [-0.05, 0) is 98.2 Å². The van der Waals surface area contributed by atoms with E-state index in [9.17, 15) is 14.7 Å². The van der Waals surface area contributed by atoms with Gasteiger partial charge in [0.2, 0.25) is 0 Å². The molecule has 0 saturated heterocycles. The van der Waals surface area contributed by atoms with Crippen LogP contribution in [0.15, 0.2) is 34.9 Å². The number of hydrogen-bond acceptors (Lipinski definition) is 5. The second kappa shape index (κ2) is 7.66. The first-order valence-electron chi connectivity index (χ1n) is 13.7. The van der Waals surface area contributed by atoms with Gasteiger partial charge in [-0.2, -0.15) is 0 Å². The van der Waals surface area contributed by atoms with Gasteiger partial charge in [0.05, 0.1) is 12.5 Å². The number of ether oxygens (including phenoxy) is 2.